The summed E-state index contributed by atoms with van der Waals surface area (Å²) < 4.78 is 73.7. The van der Waals surface area contributed by atoms with E-state index in [9.17, 15) is 26.4 Å². The molecular weight excluding hydrogens is 541 g/mol. The molecule has 0 spiro atoms. The predicted molar refractivity (Wildman–Crippen MR) is 141 cm³/mol. The van der Waals surface area contributed by atoms with Crippen molar-refractivity contribution in [2.75, 3.05) is 24.0 Å². The molecule has 3 rings (SSSR count). The van der Waals surface area contributed by atoms with Gasteiger partial charge >= 0.3 is 6.18 Å². The molecular formula is C27H28ClF3N2O4S. The van der Waals surface area contributed by atoms with Gasteiger partial charge in [0.25, 0.3) is 10.0 Å². The molecule has 0 saturated heterocycles. The van der Waals surface area contributed by atoms with Crippen molar-refractivity contribution < 1.29 is 31.1 Å². The molecule has 0 aliphatic carbocycles. The van der Waals surface area contributed by atoms with Crippen molar-refractivity contribution in [3.63, 3.8) is 0 Å². The van der Waals surface area contributed by atoms with Crippen LogP contribution in [0.15, 0.2) is 71.6 Å². The van der Waals surface area contributed by atoms with Crippen LogP contribution in [0, 0.1) is 6.92 Å². The molecule has 0 radical (unpaired) electrons. The number of halogens is 4. The summed E-state index contributed by atoms with van der Waals surface area (Å²) in [7, 11) is -4.38. The van der Waals surface area contributed by atoms with Crippen molar-refractivity contribution >= 4 is 33.2 Å². The number of anilines is 1. The van der Waals surface area contributed by atoms with Gasteiger partial charge in [0.15, 0.2) is 0 Å². The molecule has 11 heteroatoms. The van der Waals surface area contributed by atoms with Crippen molar-refractivity contribution in [3.05, 3.63) is 88.4 Å². The first-order chi connectivity index (χ1) is 17.9. The Morgan fingerprint density at radius 3 is 2.39 bits per heavy atom. The van der Waals surface area contributed by atoms with E-state index < -0.39 is 39.2 Å². The van der Waals surface area contributed by atoms with E-state index >= 15 is 0 Å². The Morgan fingerprint density at radius 2 is 1.74 bits per heavy atom. The molecule has 38 heavy (non-hydrogen) atoms. The number of carbonyl (C=O) groups is 1. The van der Waals surface area contributed by atoms with Crippen molar-refractivity contribution in [3.8, 4) is 5.75 Å². The van der Waals surface area contributed by atoms with Gasteiger partial charge in [0.2, 0.25) is 5.91 Å². The number of ether oxygens (including phenoxy) is 1. The average molecular weight is 569 g/mol. The second-order valence-corrected chi connectivity index (χ2v) is 10.8. The zero-order chi connectivity index (χ0) is 27.9. The molecule has 0 heterocycles. The smallest absolute Gasteiger partial charge is 0.417 e. The molecule has 0 atom stereocenters. The van der Waals surface area contributed by atoms with Crippen LogP contribution in [0.5, 0.6) is 5.75 Å². The van der Waals surface area contributed by atoms with Crippen molar-refractivity contribution in [2.24, 2.45) is 0 Å². The topological polar surface area (TPSA) is 75.7 Å². The lowest BCUT2D eigenvalue weighted by molar-refractivity contribution is -0.137. The number of sulfonamides is 1. The van der Waals surface area contributed by atoms with E-state index in [0.717, 1.165) is 29.0 Å². The highest BCUT2D eigenvalue weighted by molar-refractivity contribution is 7.92. The van der Waals surface area contributed by atoms with Gasteiger partial charge in [0, 0.05) is 6.54 Å². The van der Waals surface area contributed by atoms with E-state index in [0.29, 0.717) is 29.8 Å². The van der Waals surface area contributed by atoms with E-state index in [2.05, 4.69) is 5.32 Å². The van der Waals surface area contributed by atoms with Crippen LogP contribution in [0.25, 0.3) is 0 Å². The van der Waals surface area contributed by atoms with Crippen LogP contribution in [0.2, 0.25) is 5.02 Å². The van der Waals surface area contributed by atoms with Gasteiger partial charge in [0.05, 0.1) is 27.8 Å². The minimum atomic E-state index is -4.81. The van der Waals surface area contributed by atoms with Gasteiger partial charge in [-0.15, -0.1) is 0 Å². The summed E-state index contributed by atoms with van der Waals surface area (Å²) in [6.07, 6.45) is -3.67. The number of nitrogens with zero attached hydrogens (tertiary/aromatic N) is 1. The lowest BCUT2D eigenvalue weighted by Gasteiger charge is -2.25. The fraction of sp³-hybridized carbons (Fsp3) is 0.296. The molecule has 0 aromatic heterocycles. The summed E-state index contributed by atoms with van der Waals surface area (Å²) >= 11 is 5.73. The van der Waals surface area contributed by atoms with Crippen molar-refractivity contribution in [1.29, 1.82) is 0 Å². The summed E-state index contributed by atoms with van der Waals surface area (Å²) in [5, 5.41) is 2.08. The number of rotatable bonds is 11. The van der Waals surface area contributed by atoms with Crippen LogP contribution in [-0.2, 0) is 27.4 Å². The third-order valence-corrected chi connectivity index (χ3v) is 7.77. The van der Waals surface area contributed by atoms with Gasteiger partial charge in [0.1, 0.15) is 12.3 Å². The number of hydrogen-bond donors (Lipinski definition) is 1. The van der Waals surface area contributed by atoms with Gasteiger partial charge in [-0.05, 0) is 68.7 Å². The van der Waals surface area contributed by atoms with Crippen LogP contribution < -0.4 is 14.4 Å². The monoisotopic (exact) mass is 568 g/mol. The lowest BCUT2D eigenvalue weighted by atomic mass is 10.1. The van der Waals surface area contributed by atoms with E-state index in [1.807, 2.05) is 31.2 Å². The zero-order valence-electron chi connectivity index (χ0n) is 20.9. The number of carbonyl (C=O) groups excluding carboxylic acids is 1. The Labute approximate surface area is 225 Å². The SMILES string of the molecule is CCOc1ccccc1CCCNC(=O)CN(c1ccc(Cl)c(C(F)(F)F)c1)S(=O)(=O)c1ccc(C)cc1. The van der Waals surface area contributed by atoms with Gasteiger partial charge in [-0.3, -0.25) is 9.10 Å². The Hall–Kier alpha value is -3.24. The molecule has 1 amide bonds. The number of aryl methyl sites for hydroxylation is 2. The maximum absolute atomic E-state index is 13.5. The Bertz CT molecular complexity index is 1360. The summed E-state index contributed by atoms with van der Waals surface area (Å²) in [6, 6.07) is 16.1. The minimum absolute atomic E-state index is 0.160. The second kappa shape index (κ2) is 12.5. The molecule has 3 aromatic carbocycles. The van der Waals surface area contributed by atoms with Crippen molar-refractivity contribution in [1.82, 2.24) is 5.32 Å². The van der Waals surface area contributed by atoms with E-state index in [-0.39, 0.29) is 17.1 Å². The Kier molecular flexibility index (Phi) is 9.67. The fourth-order valence-corrected chi connectivity index (χ4v) is 5.38. The first kappa shape index (κ1) is 29.3. The Morgan fingerprint density at radius 1 is 1.05 bits per heavy atom. The minimum Gasteiger partial charge on any atom is -0.494 e. The first-order valence-electron chi connectivity index (χ1n) is 11.9. The molecule has 0 bridgehead atoms. The number of benzene rings is 3. The largest absolute Gasteiger partial charge is 0.494 e. The van der Waals surface area contributed by atoms with E-state index in [1.54, 1.807) is 19.1 Å². The normalized spacial score (nSPS) is 11.7. The van der Waals surface area contributed by atoms with Crippen LogP contribution in [-0.4, -0.2) is 34.0 Å². The number of nitrogens with one attached hydrogen (secondary N) is 1. The molecule has 0 saturated carbocycles. The van der Waals surface area contributed by atoms with Crippen molar-refractivity contribution in [2.45, 2.75) is 37.8 Å². The molecule has 3 aromatic rings. The molecule has 0 unspecified atom stereocenters. The first-order valence-corrected chi connectivity index (χ1v) is 13.7. The summed E-state index contributed by atoms with van der Waals surface area (Å²) in [6.45, 7) is 3.67. The van der Waals surface area contributed by atoms with Gasteiger partial charge in [-0.2, -0.15) is 13.2 Å². The maximum Gasteiger partial charge on any atom is 0.417 e. The van der Waals surface area contributed by atoms with Crippen LogP contribution >= 0.6 is 11.6 Å². The lowest BCUT2D eigenvalue weighted by Crippen LogP contribution is -2.41. The Balaban J connectivity index is 1.80. The zero-order valence-corrected chi connectivity index (χ0v) is 22.5. The highest BCUT2D eigenvalue weighted by atomic mass is 35.5. The summed E-state index contributed by atoms with van der Waals surface area (Å²) in [5.74, 6) is 0.0854. The highest BCUT2D eigenvalue weighted by Gasteiger charge is 2.35. The van der Waals surface area contributed by atoms with Gasteiger partial charge < -0.3 is 10.1 Å². The van der Waals surface area contributed by atoms with Crippen LogP contribution in [0.3, 0.4) is 0 Å². The third-order valence-electron chi connectivity index (χ3n) is 5.66. The molecule has 1 N–H and O–H groups in total. The second-order valence-electron chi connectivity index (χ2n) is 8.48. The van der Waals surface area contributed by atoms with Gasteiger partial charge in [-0.1, -0.05) is 47.5 Å². The summed E-state index contributed by atoms with van der Waals surface area (Å²) in [5.41, 5.74) is 0.232. The highest BCUT2D eigenvalue weighted by Crippen LogP contribution is 2.38. The molecule has 0 aliphatic rings. The summed E-state index contributed by atoms with van der Waals surface area (Å²) in [4.78, 5) is 12.6. The molecule has 6 nitrogen and oxygen atoms in total. The molecule has 0 aliphatic heterocycles. The number of amides is 1. The van der Waals surface area contributed by atoms with E-state index in [4.69, 9.17) is 16.3 Å². The standard InChI is InChI=1S/C27H28ClF3N2O4S/c1-3-37-25-9-5-4-7-20(25)8-6-16-32-26(34)18-33(38(35,36)22-13-10-19(2)11-14-22)21-12-15-24(28)23(17-21)27(29,30)31/h4-5,7,9-15,17H,3,6,8,16,18H2,1-2H3,(H,32,34). The molecule has 0 fully saturated rings. The maximum atomic E-state index is 13.5. The quantitative estimate of drug-likeness (QED) is 0.287. The number of alkyl halides is 3. The third kappa shape index (κ3) is 7.41. The molecule has 204 valence electrons. The van der Waals surface area contributed by atoms with Crippen LogP contribution in [0.1, 0.15) is 30.0 Å². The van der Waals surface area contributed by atoms with Gasteiger partial charge in [-0.25, -0.2) is 8.42 Å². The van der Waals surface area contributed by atoms with E-state index in [1.165, 1.54) is 12.1 Å². The number of para-hydroxylation sites is 1. The number of hydrogen-bond acceptors (Lipinski definition) is 4. The average Bonchev–Trinajstić information content (AvgIpc) is 2.86. The predicted octanol–water partition coefficient (Wildman–Crippen LogP) is 6.01. The van der Waals surface area contributed by atoms with Crippen LogP contribution in [0.4, 0.5) is 18.9 Å². The fourth-order valence-electron chi connectivity index (χ4n) is 3.74.